The van der Waals surface area contributed by atoms with Gasteiger partial charge in [-0.25, -0.2) is 14.8 Å². The SMILES string of the molecule is CN1CCC(CN(C)c2cnc(C(=O)O)cn2)C1. The Labute approximate surface area is 106 Å². The average molecular weight is 250 g/mol. The van der Waals surface area contributed by atoms with Gasteiger partial charge >= 0.3 is 5.97 Å². The molecule has 6 nitrogen and oxygen atoms in total. The number of aromatic nitrogens is 2. The number of aromatic carboxylic acids is 1. The van der Waals surface area contributed by atoms with E-state index in [9.17, 15) is 4.79 Å². The normalized spacial score (nSPS) is 20.0. The van der Waals surface area contributed by atoms with Crippen LogP contribution in [0.4, 0.5) is 5.82 Å². The van der Waals surface area contributed by atoms with E-state index in [1.165, 1.54) is 18.8 Å². The molecule has 2 heterocycles. The molecule has 0 bridgehead atoms. The summed E-state index contributed by atoms with van der Waals surface area (Å²) in [5.41, 5.74) is -0.0206. The second-order valence-corrected chi connectivity index (χ2v) is 4.86. The molecule has 1 aliphatic heterocycles. The molecule has 6 heteroatoms. The number of rotatable bonds is 4. The minimum atomic E-state index is -1.05. The van der Waals surface area contributed by atoms with Gasteiger partial charge in [0.05, 0.1) is 12.4 Å². The van der Waals surface area contributed by atoms with Gasteiger partial charge in [-0.05, 0) is 25.9 Å². The molecule has 1 fully saturated rings. The van der Waals surface area contributed by atoms with E-state index in [1.54, 1.807) is 0 Å². The topological polar surface area (TPSA) is 69.6 Å². The molecule has 18 heavy (non-hydrogen) atoms. The predicted octanol–water partition coefficient (Wildman–Crippen LogP) is 0.563. The van der Waals surface area contributed by atoms with Crippen LogP contribution < -0.4 is 4.90 Å². The summed E-state index contributed by atoms with van der Waals surface area (Å²) in [7, 11) is 4.09. The number of hydrogen-bond donors (Lipinski definition) is 1. The highest BCUT2D eigenvalue weighted by atomic mass is 16.4. The molecule has 0 spiro atoms. The lowest BCUT2D eigenvalue weighted by Gasteiger charge is -2.21. The standard InChI is InChI=1S/C12H18N4O2/c1-15-4-3-9(7-15)8-16(2)11-6-13-10(5-14-11)12(17)18/h5-6,9H,3-4,7-8H2,1-2H3,(H,17,18). The molecule has 0 radical (unpaired) electrons. The van der Waals surface area contributed by atoms with Gasteiger partial charge in [-0.3, -0.25) is 0 Å². The van der Waals surface area contributed by atoms with Crippen molar-refractivity contribution in [1.82, 2.24) is 14.9 Å². The maximum absolute atomic E-state index is 10.7. The summed E-state index contributed by atoms with van der Waals surface area (Å²) in [4.78, 5) is 23.0. The summed E-state index contributed by atoms with van der Waals surface area (Å²) in [6.07, 6.45) is 4.01. The molecule has 2 rings (SSSR count). The van der Waals surface area contributed by atoms with Crippen LogP contribution in [-0.2, 0) is 0 Å². The Morgan fingerprint density at radius 1 is 1.56 bits per heavy atom. The fraction of sp³-hybridized carbons (Fsp3) is 0.583. The molecule has 1 aliphatic rings. The summed E-state index contributed by atoms with van der Waals surface area (Å²) >= 11 is 0. The Balaban J connectivity index is 1.96. The van der Waals surface area contributed by atoms with E-state index in [1.807, 2.05) is 11.9 Å². The van der Waals surface area contributed by atoms with Crippen LogP contribution >= 0.6 is 0 Å². The van der Waals surface area contributed by atoms with E-state index in [0.29, 0.717) is 5.92 Å². The third-order valence-corrected chi connectivity index (χ3v) is 3.27. The van der Waals surface area contributed by atoms with Crippen molar-refractivity contribution in [3.05, 3.63) is 18.1 Å². The molecule has 1 saturated heterocycles. The minimum absolute atomic E-state index is 0.0206. The number of hydrogen-bond acceptors (Lipinski definition) is 5. The fourth-order valence-corrected chi connectivity index (χ4v) is 2.28. The van der Waals surface area contributed by atoms with Crippen molar-refractivity contribution in [2.24, 2.45) is 5.92 Å². The van der Waals surface area contributed by atoms with Crippen molar-refractivity contribution in [2.45, 2.75) is 6.42 Å². The lowest BCUT2D eigenvalue weighted by Crippen LogP contribution is -2.28. The maximum Gasteiger partial charge on any atom is 0.356 e. The van der Waals surface area contributed by atoms with Crippen molar-refractivity contribution in [2.75, 3.05) is 38.6 Å². The summed E-state index contributed by atoms with van der Waals surface area (Å²) in [6, 6.07) is 0. The van der Waals surface area contributed by atoms with E-state index in [0.717, 1.165) is 25.5 Å². The van der Waals surface area contributed by atoms with Gasteiger partial charge in [-0.1, -0.05) is 0 Å². The number of carbonyl (C=O) groups is 1. The summed E-state index contributed by atoms with van der Waals surface area (Å²) in [5, 5.41) is 8.75. The third kappa shape index (κ3) is 2.95. The highest BCUT2D eigenvalue weighted by Gasteiger charge is 2.21. The van der Waals surface area contributed by atoms with Gasteiger partial charge in [0.15, 0.2) is 5.69 Å². The number of nitrogens with zero attached hydrogens (tertiary/aromatic N) is 4. The van der Waals surface area contributed by atoms with Crippen molar-refractivity contribution in [1.29, 1.82) is 0 Å². The average Bonchev–Trinajstić information content (AvgIpc) is 2.75. The van der Waals surface area contributed by atoms with Gasteiger partial charge in [-0.2, -0.15) is 0 Å². The second-order valence-electron chi connectivity index (χ2n) is 4.86. The zero-order valence-electron chi connectivity index (χ0n) is 10.7. The second kappa shape index (κ2) is 5.30. The highest BCUT2D eigenvalue weighted by Crippen LogP contribution is 2.17. The van der Waals surface area contributed by atoms with Crippen molar-refractivity contribution < 1.29 is 9.90 Å². The zero-order valence-corrected chi connectivity index (χ0v) is 10.7. The van der Waals surface area contributed by atoms with Gasteiger partial charge in [0, 0.05) is 20.1 Å². The number of anilines is 1. The molecule has 0 aliphatic carbocycles. The number of likely N-dealkylation sites (tertiary alicyclic amines) is 1. The first-order valence-electron chi connectivity index (χ1n) is 6.01. The van der Waals surface area contributed by atoms with Crippen molar-refractivity contribution in [3.63, 3.8) is 0 Å². The smallest absolute Gasteiger partial charge is 0.356 e. The molecule has 0 amide bonds. The van der Waals surface area contributed by atoms with Gasteiger partial charge in [0.1, 0.15) is 5.82 Å². The van der Waals surface area contributed by atoms with Crippen LogP contribution in [0.3, 0.4) is 0 Å². The molecule has 1 aromatic heterocycles. The molecule has 0 saturated carbocycles. The van der Waals surface area contributed by atoms with Crippen LogP contribution in [-0.4, -0.2) is 59.7 Å². The lowest BCUT2D eigenvalue weighted by molar-refractivity contribution is 0.0690. The number of carboxylic acids is 1. The molecular weight excluding hydrogens is 232 g/mol. The first-order chi connectivity index (χ1) is 8.56. The summed E-state index contributed by atoms with van der Waals surface area (Å²) in [6.45, 7) is 3.17. The van der Waals surface area contributed by atoms with E-state index in [2.05, 4.69) is 21.9 Å². The minimum Gasteiger partial charge on any atom is -0.476 e. The molecule has 98 valence electrons. The van der Waals surface area contributed by atoms with Crippen LogP contribution in [0.5, 0.6) is 0 Å². The van der Waals surface area contributed by atoms with Crippen molar-refractivity contribution >= 4 is 11.8 Å². The summed E-state index contributed by atoms with van der Waals surface area (Å²) < 4.78 is 0. The van der Waals surface area contributed by atoms with Gasteiger partial charge < -0.3 is 14.9 Å². The Morgan fingerprint density at radius 2 is 2.33 bits per heavy atom. The predicted molar refractivity (Wildman–Crippen MR) is 67.9 cm³/mol. The summed E-state index contributed by atoms with van der Waals surface area (Å²) in [5.74, 6) is 0.310. The maximum atomic E-state index is 10.7. The van der Waals surface area contributed by atoms with Gasteiger partial charge in [0.2, 0.25) is 0 Å². The van der Waals surface area contributed by atoms with E-state index < -0.39 is 5.97 Å². The molecule has 1 unspecified atom stereocenters. The van der Waals surface area contributed by atoms with Crippen LogP contribution in [0.1, 0.15) is 16.9 Å². The monoisotopic (exact) mass is 250 g/mol. The Hall–Kier alpha value is -1.69. The van der Waals surface area contributed by atoms with Crippen LogP contribution in [0, 0.1) is 5.92 Å². The van der Waals surface area contributed by atoms with Crippen LogP contribution in [0.25, 0.3) is 0 Å². The Bertz CT molecular complexity index is 421. The van der Waals surface area contributed by atoms with Crippen molar-refractivity contribution in [3.8, 4) is 0 Å². The van der Waals surface area contributed by atoms with Gasteiger partial charge in [-0.15, -0.1) is 0 Å². The molecule has 0 aromatic carbocycles. The van der Waals surface area contributed by atoms with Gasteiger partial charge in [0.25, 0.3) is 0 Å². The number of carboxylic acid groups (broad SMARTS) is 1. The van der Waals surface area contributed by atoms with Crippen LogP contribution in [0.15, 0.2) is 12.4 Å². The van der Waals surface area contributed by atoms with Crippen LogP contribution in [0.2, 0.25) is 0 Å². The lowest BCUT2D eigenvalue weighted by atomic mass is 10.1. The third-order valence-electron chi connectivity index (χ3n) is 3.27. The molecule has 1 atom stereocenters. The Kier molecular flexibility index (Phi) is 3.76. The quantitative estimate of drug-likeness (QED) is 0.842. The molecule has 1 N–H and O–H groups in total. The fourth-order valence-electron chi connectivity index (χ4n) is 2.28. The zero-order chi connectivity index (χ0) is 13.1. The van der Waals surface area contributed by atoms with E-state index >= 15 is 0 Å². The van der Waals surface area contributed by atoms with E-state index in [4.69, 9.17) is 5.11 Å². The first-order valence-corrected chi connectivity index (χ1v) is 6.01. The Morgan fingerprint density at radius 3 is 2.83 bits per heavy atom. The first kappa shape index (κ1) is 12.8. The molecule has 1 aromatic rings. The highest BCUT2D eigenvalue weighted by molar-refractivity contribution is 5.84. The van der Waals surface area contributed by atoms with E-state index in [-0.39, 0.29) is 5.69 Å². The largest absolute Gasteiger partial charge is 0.476 e. The molecular formula is C12H18N4O2.